The summed E-state index contributed by atoms with van der Waals surface area (Å²) in [6.07, 6.45) is 0. The first kappa shape index (κ1) is 24.7. The van der Waals surface area contributed by atoms with E-state index in [1.54, 1.807) is 13.8 Å². The predicted molar refractivity (Wildman–Crippen MR) is 87.9 cm³/mol. The van der Waals surface area contributed by atoms with Crippen molar-refractivity contribution in [3.63, 3.8) is 0 Å². The maximum absolute atomic E-state index is 13.1. The molecule has 0 saturated carbocycles. The summed E-state index contributed by atoms with van der Waals surface area (Å²) in [5.41, 5.74) is -0.272. The van der Waals surface area contributed by atoms with Gasteiger partial charge in [0.2, 0.25) is 5.39 Å². The van der Waals surface area contributed by atoms with E-state index in [9.17, 15) is 31.0 Å². The number of benzene rings is 1. The van der Waals surface area contributed by atoms with E-state index in [2.05, 4.69) is 4.98 Å². The number of aromatic nitrogens is 1. The number of hydrogen-bond donors (Lipinski definition) is 2. The average Bonchev–Trinajstić information content (AvgIpc) is 2.54. The Bertz CT molecular complexity index is 858. The van der Waals surface area contributed by atoms with Crippen molar-refractivity contribution in [2.75, 3.05) is 13.2 Å². The molecule has 0 aliphatic rings. The Morgan fingerprint density at radius 2 is 1.59 bits per heavy atom. The smallest absolute Gasteiger partial charge is 0.418 e. The van der Waals surface area contributed by atoms with Crippen LogP contribution in [0.25, 0.3) is 10.9 Å². The summed E-state index contributed by atoms with van der Waals surface area (Å²) in [6, 6.07) is 5.37. The zero-order chi connectivity index (χ0) is 21.3. The number of nitrogens with zero attached hydrogens (tertiary/aromatic N) is 1. The van der Waals surface area contributed by atoms with Crippen LogP contribution >= 0.6 is 7.60 Å². The zero-order valence-electron chi connectivity index (χ0n) is 14.2. The van der Waals surface area contributed by atoms with Gasteiger partial charge >= 0.3 is 14.9 Å². The van der Waals surface area contributed by atoms with Crippen LogP contribution in [0.15, 0.2) is 29.1 Å². The molecule has 0 saturated heterocycles. The molecule has 2 N–H and O–H groups in total. The average molecular weight is 415 g/mol. The lowest BCUT2D eigenvalue weighted by atomic mass is 10.2. The molecular weight excluding hydrogens is 399 g/mol. The van der Waals surface area contributed by atoms with Crippen LogP contribution in [-0.4, -0.2) is 25.5 Å². The Labute approximate surface area is 150 Å². The van der Waals surface area contributed by atoms with Crippen LogP contribution in [0.4, 0.5) is 21.7 Å². The number of fused-ring (bicyclic) bond motifs is 1. The van der Waals surface area contributed by atoms with Crippen molar-refractivity contribution in [3.05, 3.63) is 40.4 Å². The first-order valence-electron chi connectivity index (χ1n) is 7.32. The summed E-state index contributed by atoms with van der Waals surface area (Å²) in [7, 11) is -9.66. The van der Waals surface area contributed by atoms with Gasteiger partial charge in [0.25, 0.3) is 5.56 Å². The second-order valence-corrected chi connectivity index (χ2v) is 6.54. The summed E-state index contributed by atoms with van der Waals surface area (Å²) in [6.45, 7) is 3.63. The number of aromatic amines is 1. The molecule has 1 aromatic carbocycles. The van der Waals surface area contributed by atoms with E-state index in [-0.39, 0.29) is 18.5 Å². The van der Waals surface area contributed by atoms with Gasteiger partial charge in [-0.1, -0.05) is 0 Å². The number of diazo groups is 1. The van der Waals surface area contributed by atoms with Gasteiger partial charge in [-0.25, -0.2) is 4.39 Å². The number of nitrogens with one attached hydrogen (secondary N) is 2. The molecule has 2 aromatic rings. The molecule has 0 amide bonds. The minimum Gasteiger partial charge on any atom is -0.418 e. The second-order valence-electron chi connectivity index (χ2n) is 4.54. The predicted octanol–water partition coefficient (Wildman–Crippen LogP) is 2.14. The SMILES string of the molecule is CCOP(=O)(OCC)c1cc2ccc(F)cc2[nH]c1=O.F[B-](F)(F)F.N#[NH+]. The fraction of sp³-hybridized carbons (Fsp3) is 0.308. The maximum Gasteiger partial charge on any atom is 0.673 e. The third kappa shape index (κ3) is 8.30. The molecule has 14 heteroatoms. The lowest BCUT2D eigenvalue weighted by Gasteiger charge is -2.16. The molecule has 0 unspecified atom stereocenters. The summed E-state index contributed by atoms with van der Waals surface area (Å²) in [4.78, 5) is 14.5. The van der Waals surface area contributed by atoms with Gasteiger partial charge < -0.3 is 31.3 Å². The second kappa shape index (κ2) is 10.8. The Morgan fingerprint density at radius 1 is 1.11 bits per heavy atom. The van der Waals surface area contributed by atoms with Crippen molar-refractivity contribution in [1.82, 2.24) is 4.98 Å². The van der Waals surface area contributed by atoms with Crippen LogP contribution in [0.3, 0.4) is 0 Å². The minimum atomic E-state index is -6.00. The minimum absolute atomic E-state index is 0.0692. The van der Waals surface area contributed by atoms with E-state index in [4.69, 9.17) is 19.8 Å². The molecule has 2 rings (SSSR count). The molecule has 27 heavy (non-hydrogen) atoms. The van der Waals surface area contributed by atoms with Gasteiger partial charge in [-0.05, 0) is 43.5 Å². The van der Waals surface area contributed by atoms with Gasteiger partial charge in [0.1, 0.15) is 11.1 Å². The van der Waals surface area contributed by atoms with E-state index in [0.717, 1.165) is 0 Å². The van der Waals surface area contributed by atoms with Crippen LogP contribution in [0.1, 0.15) is 13.8 Å². The Morgan fingerprint density at radius 3 is 2.04 bits per heavy atom. The standard InChI is InChI=1S/C13H15FNO4P.BF4.N2/c1-3-18-20(17,19-4-2)12-7-9-5-6-10(14)8-11(9)15-13(12)16;2-1(3,4)5;1-2/h5-8H,3-4H2,1-2H3,(H,15,16);;/q;-1;/p+1. The number of rotatable bonds is 5. The van der Waals surface area contributed by atoms with Crippen LogP contribution in [0.5, 0.6) is 0 Å². The first-order valence-corrected chi connectivity index (χ1v) is 8.86. The molecule has 0 atom stereocenters. The lowest BCUT2D eigenvalue weighted by Crippen LogP contribution is -2.29. The molecule has 150 valence electrons. The van der Waals surface area contributed by atoms with Crippen LogP contribution in [-0.2, 0) is 13.6 Å². The topological polar surface area (TPSA) is 116 Å². The highest BCUT2D eigenvalue weighted by atomic mass is 31.2. The van der Waals surface area contributed by atoms with E-state index in [1.807, 2.05) is 0 Å². The van der Waals surface area contributed by atoms with E-state index in [0.29, 0.717) is 10.9 Å². The normalized spacial score (nSPS) is 11.1. The van der Waals surface area contributed by atoms with Gasteiger partial charge in [0.05, 0.1) is 24.1 Å². The molecule has 0 radical (unpaired) electrons. The van der Waals surface area contributed by atoms with Crippen LogP contribution < -0.4 is 16.3 Å². The van der Waals surface area contributed by atoms with Crippen molar-refractivity contribution in [3.8, 4) is 0 Å². The molecule has 1 aromatic heterocycles. The first-order chi connectivity index (χ1) is 12.5. The van der Waals surface area contributed by atoms with Crippen LogP contribution in [0, 0.1) is 11.2 Å². The molecule has 0 fully saturated rings. The highest BCUT2D eigenvalue weighted by Gasteiger charge is 2.30. The summed E-state index contributed by atoms with van der Waals surface area (Å²) in [5.74, 6) is -0.460. The quantitative estimate of drug-likeness (QED) is 0.336. The molecule has 0 spiro atoms. The molecule has 1 heterocycles. The third-order valence-corrected chi connectivity index (χ3v) is 4.80. The molecule has 7 nitrogen and oxygen atoms in total. The van der Waals surface area contributed by atoms with E-state index < -0.39 is 26.2 Å². The summed E-state index contributed by atoms with van der Waals surface area (Å²) in [5, 5.41) is 11.5. The van der Waals surface area contributed by atoms with E-state index >= 15 is 0 Å². The molecular formula is C13H16BF5N3O4P. The van der Waals surface area contributed by atoms with Crippen molar-refractivity contribution in [1.29, 1.82) is 5.39 Å². The number of hydrogen-bond acceptors (Lipinski definition) is 5. The Kier molecular flexibility index (Phi) is 9.85. The molecule has 0 aliphatic carbocycles. The Balaban J connectivity index is 0.000000838. The zero-order valence-corrected chi connectivity index (χ0v) is 15.1. The van der Waals surface area contributed by atoms with E-state index in [1.165, 1.54) is 24.3 Å². The van der Waals surface area contributed by atoms with Gasteiger partial charge in [-0.15, -0.1) is 0 Å². The highest BCUT2D eigenvalue weighted by molar-refractivity contribution is 7.62. The molecule has 0 aliphatic heterocycles. The third-order valence-electron chi connectivity index (χ3n) is 2.68. The fourth-order valence-electron chi connectivity index (χ4n) is 1.88. The van der Waals surface area contributed by atoms with Gasteiger partial charge in [0.15, 0.2) is 0 Å². The monoisotopic (exact) mass is 415 g/mol. The van der Waals surface area contributed by atoms with Crippen molar-refractivity contribution in [2.45, 2.75) is 13.8 Å². The van der Waals surface area contributed by atoms with Crippen molar-refractivity contribution >= 4 is 31.1 Å². The van der Waals surface area contributed by atoms with Gasteiger partial charge in [-0.3, -0.25) is 9.36 Å². The maximum atomic E-state index is 13.1. The lowest BCUT2D eigenvalue weighted by molar-refractivity contribution is -0.175. The largest absolute Gasteiger partial charge is 0.673 e. The van der Waals surface area contributed by atoms with Crippen molar-refractivity contribution < 1.29 is 40.7 Å². The number of H-pyrrole nitrogens is 1. The van der Waals surface area contributed by atoms with Crippen LogP contribution in [0.2, 0.25) is 0 Å². The highest BCUT2D eigenvalue weighted by Crippen LogP contribution is 2.45. The van der Waals surface area contributed by atoms with Crippen molar-refractivity contribution in [2.24, 2.45) is 0 Å². The van der Waals surface area contributed by atoms with Gasteiger partial charge in [0, 0.05) is 0 Å². The number of pyridine rings is 1. The molecule has 0 bridgehead atoms. The fourth-order valence-corrected chi connectivity index (χ4v) is 3.52. The Hall–Kier alpha value is -2.29. The van der Waals surface area contributed by atoms with Gasteiger partial charge in [-0.2, -0.15) is 0 Å². The summed E-state index contributed by atoms with van der Waals surface area (Å²) < 4.78 is 75.0. The summed E-state index contributed by atoms with van der Waals surface area (Å²) >= 11 is 0. The number of halogens is 5.